The molecule has 0 bridgehead atoms. The summed E-state index contributed by atoms with van der Waals surface area (Å²) in [4.78, 5) is 27.0. The second kappa shape index (κ2) is 10.2. The van der Waals surface area contributed by atoms with Gasteiger partial charge in [0.05, 0.1) is 36.7 Å². The Bertz CT molecular complexity index is 1220. The summed E-state index contributed by atoms with van der Waals surface area (Å²) in [6.45, 7) is 6.73. The van der Waals surface area contributed by atoms with E-state index in [9.17, 15) is 4.79 Å². The minimum atomic E-state index is 0.000569. The maximum absolute atomic E-state index is 12.9. The lowest BCUT2D eigenvalue weighted by atomic mass is 9.94. The fourth-order valence-electron chi connectivity index (χ4n) is 5.65. The van der Waals surface area contributed by atoms with E-state index in [0.717, 1.165) is 80.8 Å². The molecule has 3 saturated heterocycles. The van der Waals surface area contributed by atoms with Crippen molar-refractivity contribution in [3.63, 3.8) is 0 Å². The maximum atomic E-state index is 12.9. The number of likely N-dealkylation sites (tertiary alicyclic amines) is 2. The molecule has 3 aromatic rings. The molecule has 5 heterocycles. The van der Waals surface area contributed by atoms with E-state index in [2.05, 4.69) is 37.3 Å². The van der Waals surface area contributed by atoms with Crippen LogP contribution in [0, 0.1) is 5.92 Å². The molecule has 3 aliphatic heterocycles. The van der Waals surface area contributed by atoms with Crippen LogP contribution in [0.5, 0.6) is 0 Å². The van der Waals surface area contributed by atoms with E-state index in [1.807, 2.05) is 24.0 Å². The van der Waals surface area contributed by atoms with Gasteiger partial charge in [-0.05, 0) is 63.5 Å². The van der Waals surface area contributed by atoms with Gasteiger partial charge in [-0.25, -0.2) is 9.97 Å². The number of carbonyl (C=O) groups is 1. The van der Waals surface area contributed by atoms with Crippen LogP contribution in [-0.4, -0.2) is 80.9 Å². The Kier molecular flexibility index (Phi) is 6.69. The number of hydrogen-bond acceptors (Lipinski definition) is 7. The highest BCUT2D eigenvalue weighted by molar-refractivity contribution is 5.92. The third kappa shape index (κ3) is 4.87. The van der Waals surface area contributed by atoms with Crippen molar-refractivity contribution in [3.05, 3.63) is 36.3 Å². The second-order valence-corrected chi connectivity index (χ2v) is 10.4. The van der Waals surface area contributed by atoms with Gasteiger partial charge >= 0.3 is 0 Å². The molecule has 0 aliphatic carbocycles. The van der Waals surface area contributed by atoms with Crippen LogP contribution in [0.15, 0.2) is 30.6 Å². The van der Waals surface area contributed by atoms with Crippen LogP contribution >= 0.6 is 0 Å². The molecule has 36 heavy (non-hydrogen) atoms. The second-order valence-electron chi connectivity index (χ2n) is 10.4. The van der Waals surface area contributed by atoms with Crippen LogP contribution in [0.4, 0.5) is 5.95 Å². The average molecular weight is 490 g/mol. The summed E-state index contributed by atoms with van der Waals surface area (Å²) >= 11 is 0. The SMILES string of the molecule is Cn1ncc(-c2ccc3cnc(NC(=O)C4CCN(C5COC5)CC4)nc3c2)c1CN1CCCCC1. The van der Waals surface area contributed by atoms with Crippen LogP contribution in [0.2, 0.25) is 0 Å². The molecule has 0 atom stereocenters. The number of piperidine rings is 2. The van der Waals surface area contributed by atoms with Gasteiger partial charge in [-0.15, -0.1) is 0 Å². The number of rotatable bonds is 6. The fourth-order valence-corrected chi connectivity index (χ4v) is 5.65. The van der Waals surface area contributed by atoms with Gasteiger partial charge in [-0.1, -0.05) is 18.6 Å². The molecule has 9 nitrogen and oxygen atoms in total. The molecule has 0 unspecified atom stereocenters. The quantitative estimate of drug-likeness (QED) is 0.569. The Morgan fingerprint density at radius 1 is 1.08 bits per heavy atom. The first-order chi connectivity index (χ1) is 17.6. The molecule has 3 aliphatic rings. The summed E-state index contributed by atoms with van der Waals surface area (Å²) in [6.07, 6.45) is 9.33. The van der Waals surface area contributed by atoms with Gasteiger partial charge in [0.2, 0.25) is 11.9 Å². The molecule has 9 heteroatoms. The summed E-state index contributed by atoms with van der Waals surface area (Å²) in [7, 11) is 2.02. The molecule has 190 valence electrons. The lowest BCUT2D eigenvalue weighted by Crippen LogP contribution is -2.52. The van der Waals surface area contributed by atoms with Crippen LogP contribution < -0.4 is 5.32 Å². The van der Waals surface area contributed by atoms with Crippen molar-refractivity contribution in [2.45, 2.75) is 44.7 Å². The van der Waals surface area contributed by atoms with Gasteiger partial charge in [-0.2, -0.15) is 5.10 Å². The first-order valence-corrected chi connectivity index (χ1v) is 13.3. The number of aromatic nitrogens is 4. The van der Waals surface area contributed by atoms with E-state index in [1.165, 1.54) is 25.0 Å². The number of ether oxygens (including phenoxy) is 1. The molecule has 0 saturated carbocycles. The Balaban J connectivity index is 1.16. The zero-order chi connectivity index (χ0) is 24.5. The molecule has 2 aromatic heterocycles. The topological polar surface area (TPSA) is 88.4 Å². The Morgan fingerprint density at radius 2 is 1.89 bits per heavy atom. The molecule has 0 radical (unpaired) electrons. The van der Waals surface area contributed by atoms with E-state index in [1.54, 1.807) is 6.20 Å². The van der Waals surface area contributed by atoms with Crippen molar-refractivity contribution in [2.24, 2.45) is 13.0 Å². The van der Waals surface area contributed by atoms with Gasteiger partial charge in [0, 0.05) is 36.7 Å². The van der Waals surface area contributed by atoms with Gasteiger partial charge in [0.1, 0.15) is 0 Å². The number of nitrogens with one attached hydrogen (secondary N) is 1. The zero-order valence-corrected chi connectivity index (χ0v) is 21.0. The first kappa shape index (κ1) is 23.5. The van der Waals surface area contributed by atoms with Crippen LogP contribution in [-0.2, 0) is 23.1 Å². The number of carbonyl (C=O) groups excluding carboxylic acids is 1. The van der Waals surface area contributed by atoms with E-state index < -0.39 is 0 Å². The number of aryl methyl sites for hydroxylation is 1. The minimum absolute atomic E-state index is 0.000569. The standard InChI is InChI=1S/C27H35N7O2/c1-32-25(16-33-9-3-2-4-10-33)23(15-29-32)20-5-6-21-14-28-27(30-24(21)13-20)31-26(35)19-7-11-34(12-8-19)22-17-36-18-22/h5-6,13-15,19,22H,2-4,7-12,16-18H2,1H3,(H,28,30,31,35). The van der Waals surface area contributed by atoms with Crippen molar-refractivity contribution in [1.82, 2.24) is 29.5 Å². The van der Waals surface area contributed by atoms with Crippen LogP contribution in [0.25, 0.3) is 22.0 Å². The summed E-state index contributed by atoms with van der Waals surface area (Å²) < 4.78 is 7.30. The molecule has 6 rings (SSSR count). The molecule has 1 aromatic carbocycles. The first-order valence-electron chi connectivity index (χ1n) is 13.3. The minimum Gasteiger partial charge on any atom is -0.378 e. The Morgan fingerprint density at radius 3 is 2.64 bits per heavy atom. The van der Waals surface area contributed by atoms with Gasteiger partial charge in [0.15, 0.2) is 0 Å². The highest BCUT2D eigenvalue weighted by Gasteiger charge is 2.32. The highest BCUT2D eigenvalue weighted by Crippen LogP contribution is 2.29. The van der Waals surface area contributed by atoms with Gasteiger partial charge in [-0.3, -0.25) is 24.6 Å². The van der Waals surface area contributed by atoms with Crippen LogP contribution in [0.1, 0.15) is 37.8 Å². The summed E-state index contributed by atoms with van der Waals surface area (Å²) in [6, 6.07) is 6.78. The van der Waals surface area contributed by atoms with Crippen molar-refractivity contribution < 1.29 is 9.53 Å². The smallest absolute Gasteiger partial charge is 0.229 e. The molecule has 1 N–H and O–H groups in total. The monoisotopic (exact) mass is 489 g/mol. The molecular formula is C27H35N7O2. The molecule has 3 fully saturated rings. The Labute approximate surface area is 211 Å². The molecular weight excluding hydrogens is 454 g/mol. The van der Waals surface area contributed by atoms with Gasteiger partial charge < -0.3 is 4.74 Å². The number of amides is 1. The lowest BCUT2D eigenvalue weighted by molar-refractivity contribution is -0.123. The number of benzene rings is 1. The normalized spacial score (nSPS) is 20.5. The van der Waals surface area contributed by atoms with Crippen molar-refractivity contribution in [1.29, 1.82) is 0 Å². The van der Waals surface area contributed by atoms with E-state index in [0.29, 0.717) is 12.0 Å². The third-order valence-corrected chi connectivity index (χ3v) is 8.05. The van der Waals surface area contributed by atoms with Crippen molar-refractivity contribution in [2.75, 3.05) is 44.7 Å². The van der Waals surface area contributed by atoms with Crippen molar-refractivity contribution >= 4 is 22.8 Å². The number of hydrogen-bond donors (Lipinski definition) is 1. The summed E-state index contributed by atoms with van der Waals surface area (Å²) in [5, 5.41) is 8.49. The predicted molar refractivity (Wildman–Crippen MR) is 138 cm³/mol. The van der Waals surface area contributed by atoms with Gasteiger partial charge in [0.25, 0.3) is 0 Å². The van der Waals surface area contributed by atoms with E-state index >= 15 is 0 Å². The van der Waals surface area contributed by atoms with Crippen molar-refractivity contribution in [3.8, 4) is 11.1 Å². The van der Waals surface area contributed by atoms with E-state index in [-0.39, 0.29) is 11.8 Å². The predicted octanol–water partition coefficient (Wildman–Crippen LogP) is 3.07. The number of fused-ring (bicyclic) bond motifs is 1. The average Bonchev–Trinajstić information content (AvgIpc) is 3.23. The van der Waals surface area contributed by atoms with E-state index in [4.69, 9.17) is 9.72 Å². The molecule has 0 spiro atoms. The maximum Gasteiger partial charge on any atom is 0.229 e. The largest absolute Gasteiger partial charge is 0.378 e. The third-order valence-electron chi connectivity index (χ3n) is 8.05. The fraction of sp³-hybridized carbons (Fsp3) is 0.556. The number of nitrogens with zero attached hydrogens (tertiary/aromatic N) is 6. The summed E-state index contributed by atoms with van der Waals surface area (Å²) in [5.41, 5.74) is 4.27. The van der Waals surface area contributed by atoms with Crippen LogP contribution in [0.3, 0.4) is 0 Å². The lowest BCUT2D eigenvalue weighted by Gasteiger charge is -2.41. The number of anilines is 1. The highest BCUT2D eigenvalue weighted by atomic mass is 16.5. The zero-order valence-electron chi connectivity index (χ0n) is 21.0. The molecule has 1 amide bonds. The Hall–Kier alpha value is -2.88. The summed E-state index contributed by atoms with van der Waals surface area (Å²) in [5.74, 6) is 0.394.